The number of aryl methyl sites for hydroxylation is 1. The summed E-state index contributed by atoms with van der Waals surface area (Å²) in [5, 5.41) is 3.38. The molecule has 0 aliphatic heterocycles. The quantitative estimate of drug-likeness (QED) is 0.313. The number of benzene rings is 3. The Balaban J connectivity index is 2.06. The molecule has 2 amide bonds. The van der Waals surface area contributed by atoms with Crippen molar-refractivity contribution >= 4 is 50.7 Å². The standard InChI is InChI=1S/C29H33Cl2N3O4S/c1-4-13-32-29(36)27(15-22-10-6-5-7-11-22)33(19-23-12-8-9-21(2)14-23)28(35)20-34(39(3,37)38)26-17-24(30)16-25(31)18-26/h5-12,14,16-18,27H,4,13,15,19-20H2,1-3H3,(H,32,36). The minimum Gasteiger partial charge on any atom is -0.354 e. The highest BCUT2D eigenvalue weighted by Crippen LogP contribution is 2.27. The van der Waals surface area contributed by atoms with Crippen LogP contribution in [0.1, 0.15) is 30.0 Å². The van der Waals surface area contributed by atoms with E-state index >= 15 is 0 Å². The molecule has 3 rings (SSSR count). The van der Waals surface area contributed by atoms with Crippen LogP contribution < -0.4 is 9.62 Å². The molecule has 3 aromatic carbocycles. The number of halogens is 2. The lowest BCUT2D eigenvalue weighted by atomic mass is 10.0. The van der Waals surface area contributed by atoms with Crippen LogP contribution in [0, 0.1) is 6.92 Å². The Bertz CT molecular complexity index is 1380. The van der Waals surface area contributed by atoms with Gasteiger partial charge in [0.1, 0.15) is 12.6 Å². The summed E-state index contributed by atoms with van der Waals surface area (Å²) in [6, 6.07) is 20.5. The number of sulfonamides is 1. The van der Waals surface area contributed by atoms with E-state index < -0.39 is 28.5 Å². The van der Waals surface area contributed by atoms with E-state index in [1.165, 1.54) is 23.1 Å². The average Bonchev–Trinajstić information content (AvgIpc) is 2.87. The summed E-state index contributed by atoms with van der Waals surface area (Å²) in [4.78, 5) is 29.0. The van der Waals surface area contributed by atoms with Crippen LogP contribution in [-0.2, 0) is 32.6 Å². The van der Waals surface area contributed by atoms with Crippen LogP contribution in [0.4, 0.5) is 5.69 Å². The number of amides is 2. The zero-order valence-electron chi connectivity index (χ0n) is 22.2. The third-order valence-corrected chi connectivity index (χ3v) is 7.65. The number of hydrogen-bond donors (Lipinski definition) is 1. The van der Waals surface area contributed by atoms with Gasteiger partial charge in [-0.1, -0.05) is 90.3 Å². The van der Waals surface area contributed by atoms with E-state index in [0.717, 1.165) is 33.7 Å². The number of nitrogens with zero attached hydrogens (tertiary/aromatic N) is 2. The lowest BCUT2D eigenvalue weighted by Crippen LogP contribution is -2.53. The molecule has 0 aromatic heterocycles. The molecule has 7 nitrogen and oxygen atoms in total. The molecule has 1 N–H and O–H groups in total. The van der Waals surface area contributed by atoms with Crippen molar-refractivity contribution in [3.8, 4) is 0 Å². The Morgan fingerprint density at radius 2 is 1.56 bits per heavy atom. The smallest absolute Gasteiger partial charge is 0.244 e. The molecule has 0 saturated carbocycles. The first kappa shape index (κ1) is 30.5. The van der Waals surface area contributed by atoms with Gasteiger partial charge in [-0.25, -0.2) is 8.42 Å². The summed E-state index contributed by atoms with van der Waals surface area (Å²) in [6.45, 7) is 3.92. The van der Waals surface area contributed by atoms with Gasteiger partial charge in [0, 0.05) is 29.6 Å². The number of rotatable bonds is 12. The second-order valence-electron chi connectivity index (χ2n) is 9.40. The first-order valence-electron chi connectivity index (χ1n) is 12.6. The fourth-order valence-corrected chi connectivity index (χ4v) is 5.57. The highest BCUT2D eigenvalue weighted by molar-refractivity contribution is 7.92. The first-order valence-corrected chi connectivity index (χ1v) is 15.2. The predicted octanol–water partition coefficient (Wildman–Crippen LogP) is 5.23. The van der Waals surface area contributed by atoms with Crippen LogP contribution in [0.5, 0.6) is 0 Å². The Morgan fingerprint density at radius 1 is 0.923 bits per heavy atom. The fourth-order valence-electron chi connectivity index (χ4n) is 4.22. The van der Waals surface area contributed by atoms with Crippen molar-refractivity contribution in [2.75, 3.05) is 23.7 Å². The lowest BCUT2D eigenvalue weighted by Gasteiger charge is -2.33. The highest BCUT2D eigenvalue weighted by atomic mass is 35.5. The number of carbonyl (C=O) groups is 2. The van der Waals surface area contributed by atoms with Crippen molar-refractivity contribution in [2.45, 2.75) is 39.3 Å². The zero-order chi connectivity index (χ0) is 28.6. The van der Waals surface area contributed by atoms with Gasteiger partial charge >= 0.3 is 0 Å². The molecule has 1 atom stereocenters. The second-order valence-corrected chi connectivity index (χ2v) is 12.2. The van der Waals surface area contributed by atoms with E-state index in [1.54, 1.807) is 0 Å². The van der Waals surface area contributed by atoms with Crippen molar-refractivity contribution < 1.29 is 18.0 Å². The molecule has 0 radical (unpaired) electrons. The average molecular weight is 591 g/mol. The largest absolute Gasteiger partial charge is 0.354 e. The van der Waals surface area contributed by atoms with E-state index in [0.29, 0.717) is 6.54 Å². The SMILES string of the molecule is CCCNC(=O)C(Cc1ccccc1)N(Cc1cccc(C)c1)C(=O)CN(c1cc(Cl)cc(Cl)c1)S(C)(=O)=O. The number of carbonyl (C=O) groups excluding carboxylic acids is 2. The van der Waals surface area contributed by atoms with Crippen LogP contribution in [0.3, 0.4) is 0 Å². The monoisotopic (exact) mass is 589 g/mol. The molecule has 10 heteroatoms. The van der Waals surface area contributed by atoms with E-state index in [9.17, 15) is 18.0 Å². The van der Waals surface area contributed by atoms with Crippen LogP contribution in [-0.4, -0.2) is 50.5 Å². The normalized spacial score (nSPS) is 12.0. The summed E-state index contributed by atoms with van der Waals surface area (Å²) in [7, 11) is -3.91. The van der Waals surface area contributed by atoms with Gasteiger partial charge < -0.3 is 10.2 Å². The van der Waals surface area contributed by atoms with E-state index in [2.05, 4.69) is 5.32 Å². The zero-order valence-corrected chi connectivity index (χ0v) is 24.6. The van der Waals surface area contributed by atoms with Crippen LogP contribution >= 0.6 is 23.2 Å². The third kappa shape index (κ3) is 8.98. The minimum atomic E-state index is -3.91. The third-order valence-electron chi connectivity index (χ3n) is 6.07. The van der Waals surface area contributed by atoms with Gasteiger partial charge in [0.05, 0.1) is 11.9 Å². The summed E-state index contributed by atoms with van der Waals surface area (Å²) < 4.78 is 26.6. The van der Waals surface area contributed by atoms with Crippen molar-refractivity contribution in [3.63, 3.8) is 0 Å². The van der Waals surface area contributed by atoms with Gasteiger partial charge in [-0.2, -0.15) is 0 Å². The van der Waals surface area contributed by atoms with Crippen LogP contribution in [0.25, 0.3) is 0 Å². The van der Waals surface area contributed by atoms with Crippen molar-refractivity contribution in [1.29, 1.82) is 0 Å². The summed E-state index contributed by atoms with van der Waals surface area (Å²) in [5.41, 5.74) is 2.86. The molecule has 0 heterocycles. The Labute approximate surface area is 240 Å². The van der Waals surface area contributed by atoms with Crippen molar-refractivity contribution in [1.82, 2.24) is 10.2 Å². The number of hydrogen-bond acceptors (Lipinski definition) is 4. The first-order chi connectivity index (χ1) is 18.5. The molecule has 0 fully saturated rings. The Kier molecular flexibility index (Phi) is 10.8. The topological polar surface area (TPSA) is 86.8 Å². The number of nitrogens with one attached hydrogen (secondary N) is 1. The summed E-state index contributed by atoms with van der Waals surface area (Å²) in [5.74, 6) is -0.843. The molecule has 0 saturated heterocycles. The molecule has 208 valence electrons. The maximum atomic E-state index is 14.0. The molecule has 39 heavy (non-hydrogen) atoms. The van der Waals surface area contributed by atoms with E-state index in [4.69, 9.17) is 23.2 Å². The second kappa shape index (κ2) is 13.8. The van der Waals surface area contributed by atoms with Gasteiger partial charge in [-0.15, -0.1) is 0 Å². The lowest BCUT2D eigenvalue weighted by molar-refractivity contribution is -0.140. The van der Waals surface area contributed by atoms with Crippen LogP contribution in [0.15, 0.2) is 72.8 Å². The molecule has 1 unspecified atom stereocenters. The maximum Gasteiger partial charge on any atom is 0.244 e. The number of anilines is 1. The molecule has 0 bridgehead atoms. The van der Waals surface area contributed by atoms with E-state index in [1.807, 2.05) is 68.4 Å². The fraction of sp³-hybridized carbons (Fsp3) is 0.310. The van der Waals surface area contributed by atoms with E-state index in [-0.39, 0.29) is 34.6 Å². The molecule has 0 aliphatic rings. The highest BCUT2D eigenvalue weighted by Gasteiger charge is 2.33. The van der Waals surface area contributed by atoms with Crippen LogP contribution in [0.2, 0.25) is 10.0 Å². The summed E-state index contributed by atoms with van der Waals surface area (Å²) in [6.07, 6.45) is 2.00. The van der Waals surface area contributed by atoms with Crippen molar-refractivity contribution in [3.05, 3.63) is 99.5 Å². The van der Waals surface area contributed by atoms with Gasteiger partial charge in [-0.05, 0) is 42.7 Å². The molecular weight excluding hydrogens is 557 g/mol. The van der Waals surface area contributed by atoms with Gasteiger partial charge in [0.25, 0.3) is 0 Å². The van der Waals surface area contributed by atoms with Gasteiger partial charge in [0.2, 0.25) is 21.8 Å². The molecule has 0 aliphatic carbocycles. The minimum absolute atomic E-state index is 0.117. The van der Waals surface area contributed by atoms with Gasteiger partial charge in [-0.3, -0.25) is 13.9 Å². The molecule has 0 spiro atoms. The van der Waals surface area contributed by atoms with Crippen molar-refractivity contribution in [2.24, 2.45) is 0 Å². The van der Waals surface area contributed by atoms with Gasteiger partial charge in [0.15, 0.2) is 0 Å². The molecular formula is C29H33Cl2N3O4S. The Hall–Kier alpha value is -3.07. The maximum absolute atomic E-state index is 14.0. The summed E-state index contributed by atoms with van der Waals surface area (Å²) >= 11 is 12.3. The molecule has 3 aromatic rings. The predicted molar refractivity (Wildman–Crippen MR) is 158 cm³/mol. The Morgan fingerprint density at radius 3 is 2.15 bits per heavy atom.